The molecule has 0 aromatic rings. The Hall–Kier alpha value is -1.59. The topological polar surface area (TPSA) is 32.7 Å². The van der Waals surface area contributed by atoms with E-state index in [1.54, 1.807) is 6.21 Å². The second-order valence-corrected chi connectivity index (χ2v) is 4.91. The molecule has 21 heavy (non-hydrogen) atoms. The van der Waals surface area contributed by atoms with Crippen LogP contribution in [0.3, 0.4) is 0 Å². The zero-order valence-corrected chi connectivity index (χ0v) is 12.4. The van der Waals surface area contributed by atoms with E-state index in [-0.39, 0.29) is 19.1 Å². The molecule has 1 fully saturated rings. The van der Waals surface area contributed by atoms with Crippen molar-refractivity contribution < 1.29 is 18.0 Å². The molecular weight excluding hydrogens is 281 g/mol. The number of rotatable bonds is 4. The van der Waals surface area contributed by atoms with Gasteiger partial charge in [-0.05, 0) is 37.8 Å². The summed E-state index contributed by atoms with van der Waals surface area (Å²) < 4.78 is 36.9. The van der Waals surface area contributed by atoms with Crippen molar-refractivity contribution in [1.29, 1.82) is 0 Å². The fourth-order valence-electron chi connectivity index (χ4n) is 2.16. The average Bonchev–Trinajstić information content (AvgIpc) is 2.45. The van der Waals surface area contributed by atoms with E-state index in [1.165, 1.54) is 0 Å². The normalized spacial score (nSPS) is 18.9. The summed E-state index contributed by atoms with van der Waals surface area (Å²) in [7, 11) is 0. The lowest BCUT2D eigenvalue weighted by molar-refractivity contribution is -0.186. The minimum atomic E-state index is -4.78. The lowest BCUT2D eigenvalue weighted by Crippen LogP contribution is -2.46. The minimum absolute atomic E-state index is 0.0118. The Morgan fingerprint density at radius 1 is 1.33 bits per heavy atom. The second kappa shape index (κ2) is 8.00. The highest BCUT2D eigenvalue weighted by Gasteiger charge is 2.43. The molecule has 1 rings (SSSR count). The average molecular weight is 302 g/mol. The van der Waals surface area contributed by atoms with Crippen molar-refractivity contribution >= 4 is 12.1 Å². The summed E-state index contributed by atoms with van der Waals surface area (Å²) in [6.07, 6.45) is 4.63. The highest BCUT2D eigenvalue weighted by Crippen LogP contribution is 2.22. The van der Waals surface area contributed by atoms with E-state index in [0.29, 0.717) is 12.8 Å². The number of hydrogen-bond donors (Lipinski definition) is 0. The Kier molecular flexibility index (Phi) is 6.65. The summed E-state index contributed by atoms with van der Waals surface area (Å²) in [4.78, 5) is 16.3. The van der Waals surface area contributed by atoms with Crippen LogP contribution in [0.1, 0.15) is 33.1 Å². The highest BCUT2D eigenvalue weighted by atomic mass is 19.4. The number of halogens is 3. The molecule has 1 heterocycles. The maximum atomic E-state index is 12.3. The number of piperidine rings is 1. The predicted octanol–water partition coefficient (Wildman–Crippen LogP) is 3.52. The van der Waals surface area contributed by atoms with Gasteiger partial charge >= 0.3 is 12.1 Å². The van der Waals surface area contributed by atoms with Crippen LogP contribution in [0.4, 0.5) is 13.2 Å². The maximum absolute atomic E-state index is 12.3. The van der Waals surface area contributed by atoms with Crippen LogP contribution in [-0.2, 0) is 4.79 Å². The molecule has 0 spiro atoms. The van der Waals surface area contributed by atoms with Gasteiger partial charge in [-0.25, -0.2) is 0 Å². The van der Waals surface area contributed by atoms with Gasteiger partial charge in [0.15, 0.2) is 0 Å². The summed E-state index contributed by atoms with van der Waals surface area (Å²) in [6.45, 7) is 4.20. The number of nitrogens with zero attached hydrogens (tertiary/aromatic N) is 2. The van der Waals surface area contributed by atoms with Gasteiger partial charge in [0.05, 0.1) is 6.04 Å². The Labute approximate surface area is 123 Å². The second-order valence-electron chi connectivity index (χ2n) is 4.91. The van der Waals surface area contributed by atoms with Gasteiger partial charge in [0.2, 0.25) is 0 Å². The summed E-state index contributed by atoms with van der Waals surface area (Å²) in [6, 6.07) is -0.0118. The van der Waals surface area contributed by atoms with Crippen molar-refractivity contribution in [3.8, 4) is 0 Å². The Balaban J connectivity index is 2.49. The molecule has 6 heteroatoms. The molecule has 0 atom stereocenters. The van der Waals surface area contributed by atoms with Gasteiger partial charge in [0.1, 0.15) is 0 Å². The molecule has 0 unspecified atom stereocenters. The molecule has 118 valence electrons. The molecule has 0 bridgehead atoms. The first-order chi connectivity index (χ1) is 9.88. The monoisotopic (exact) mass is 302 g/mol. The van der Waals surface area contributed by atoms with E-state index in [4.69, 9.17) is 0 Å². The van der Waals surface area contributed by atoms with E-state index in [9.17, 15) is 18.0 Å². The molecule has 0 aliphatic carbocycles. The van der Waals surface area contributed by atoms with E-state index in [0.717, 1.165) is 16.9 Å². The predicted molar refractivity (Wildman–Crippen MR) is 77.3 cm³/mol. The van der Waals surface area contributed by atoms with E-state index in [1.807, 2.05) is 32.1 Å². The zero-order chi connectivity index (χ0) is 15.9. The number of alkyl halides is 3. The molecule has 0 aromatic heterocycles. The van der Waals surface area contributed by atoms with Gasteiger partial charge in [-0.3, -0.25) is 9.79 Å². The van der Waals surface area contributed by atoms with Crippen LogP contribution in [0, 0.1) is 0 Å². The molecule has 0 radical (unpaired) electrons. The molecule has 1 aliphatic rings. The number of hydrogen-bond acceptors (Lipinski definition) is 2. The summed E-state index contributed by atoms with van der Waals surface area (Å²) in [5, 5.41) is 0. The Bertz CT molecular complexity index is 431. The third kappa shape index (κ3) is 5.73. The first-order valence-corrected chi connectivity index (χ1v) is 7.09. The lowest BCUT2D eigenvalue weighted by atomic mass is 10.1. The van der Waals surface area contributed by atoms with Gasteiger partial charge < -0.3 is 4.90 Å². The number of allylic oxidation sites excluding steroid dienone is 4. The molecule has 1 amide bonds. The zero-order valence-electron chi connectivity index (χ0n) is 12.4. The molecule has 3 nitrogen and oxygen atoms in total. The van der Waals surface area contributed by atoms with E-state index in [2.05, 4.69) is 4.99 Å². The molecule has 1 saturated heterocycles. The minimum Gasteiger partial charge on any atom is -0.335 e. The van der Waals surface area contributed by atoms with Crippen LogP contribution in [0.5, 0.6) is 0 Å². The quantitative estimate of drug-likeness (QED) is 0.577. The van der Waals surface area contributed by atoms with E-state index < -0.39 is 12.1 Å². The fourth-order valence-corrected chi connectivity index (χ4v) is 2.16. The van der Waals surface area contributed by atoms with Crippen molar-refractivity contribution in [2.24, 2.45) is 4.99 Å². The maximum Gasteiger partial charge on any atom is 0.471 e. The summed E-state index contributed by atoms with van der Waals surface area (Å²) >= 11 is 0. The number of likely N-dealkylation sites (tertiary alicyclic amines) is 1. The lowest BCUT2D eigenvalue weighted by Gasteiger charge is -2.30. The standard InChI is InChI=1S/C15H21F3N2O/c1-3-5-12(4-2)6-9-19-13-7-10-20(11-8-13)14(21)15(16,17)18/h3,5-6,9,13H,4,7-8,10-11H2,1-2H3/b5-3-,12-6-,19-9?. The number of carbonyl (C=O) groups excluding carboxylic acids is 1. The van der Waals surface area contributed by atoms with Crippen molar-refractivity contribution in [2.75, 3.05) is 13.1 Å². The molecule has 0 N–H and O–H groups in total. The van der Waals surface area contributed by atoms with Gasteiger partial charge in [-0.15, -0.1) is 0 Å². The van der Waals surface area contributed by atoms with Crippen molar-refractivity contribution in [1.82, 2.24) is 4.90 Å². The van der Waals surface area contributed by atoms with Gasteiger partial charge in [0, 0.05) is 19.3 Å². The largest absolute Gasteiger partial charge is 0.471 e. The van der Waals surface area contributed by atoms with E-state index >= 15 is 0 Å². The Morgan fingerprint density at radius 2 is 1.95 bits per heavy atom. The van der Waals surface area contributed by atoms with Crippen LogP contribution in [-0.4, -0.2) is 42.3 Å². The number of carbonyl (C=O) groups is 1. The van der Waals surface area contributed by atoms with Crippen LogP contribution < -0.4 is 0 Å². The number of aliphatic imine (C=N–C) groups is 1. The van der Waals surface area contributed by atoms with Crippen LogP contribution in [0.15, 0.2) is 28.8 Å². The molecule has 0 aromatic carbocycles. The first-order valence-electron chi connectivity index (χ1n) is 7.09. The smallest absolute Gasteiger partial charge is 0.335 e. The van der Waals surface area contributed by atoms with Crippen LogP contribution in [0.2, 0.25) is 0 Å². The first kappa shape index (κ1) is 17.5. The number of amides is 1. The summed E-state index contributed by atoms with van der Waals surface area (Å²) in [5.74, 6) is -1.74. The third-order valence-electron chi connectivity index (χ3n) is 3.37. The van der Waals surface area contributed by atoms with Crippen molar-refractivity contribution in [3.05, 3.63) is 23.8 Å². The van der Waals surface area contributed by atoms with Crippen molar-refractivity contribution in [2.45, 2.75) is 45.3 Å². The fraction of sp³-hybridized carbons (Fsp3) is 0.600. The van der Waals surface area contributed by atoms with Crippen molar-refractivity contribution in [3.63, 3.8) is 0 Å². The van der Waals surface area contributed by atoms with Crippen LogP contribution in [0.25, 0.3) is 0 Å². The van der Waals surface area contributed by atoms with Crippen LogP contribution >= 0.6 is 0 Å². The SMILES string of the molecule is C/C=C\C(=C/C=NC1CCN(C(=O)C(F)(F)F)CC1)CC. The molecular formula is C15H21F3N2O. The Morgan fingerprint density at radius 3 is 2.43 bits per heavy atom. The highest BCUT2D eigenvalue weighted by molar-refractivity contribution is 5.82. The van der Waals surface area contributed by atoms with Gasteiger partial charge in [0.25, 0.3) is 0 Å². The van der Waals surface area contributed by atoms with Gasteiger partial charge in [-0.2, -0.15) is 13.2 Å². The summed E-state index contributed by atoms with van der Waals surface area (Å²) in [5.41, 5.74) is 1.14. The van der Waals surface area contributed by atoms with Gasteiger partial charge in [-0.1, -0.05) is 19.1 Å². The third-order valence-corrected chi connectivity index (χ3v) is 3.37. The molecule has 1 aliphatic heterocycles. The molecule has 0 saturated carbocycles.